The zero-order valence-corrected chi connectivity index (χ0v) is 11.5. The lowest BCUT2D eigenvalue weighted by Gasteiger charge is -2.23. The summed E-state index contributed by atoms with van der Waals surface area (Å²) >= 11 is 0. The highest BCUT2D eigenvalue weighted by Gasteiger charge is 2.22. The number of hydrogen-bond donors (Lipinski definition) is 2. The molecule has 3 nitrogen and oxygen atoms in total. The Balaban J connectivity index is 2.82. The molecular weight excluding hydrogens is 222 g/mol. The predicted molar refractivity (Wildman–Crippen MR) is 78.5 cm³/mol. The van der Waals surface area contributed by atoms with Gasteiger partial charge in [-0.05, 0) is 30.0 Å². The molecule has 0 bridgehead atoms. The number of benzene rings is 1. The molecule has 0 aliphatic carbocycles. The molecule has 1 atom stereocenters. The summed E-state index contributed by atoms with van der Waals surface area (Å²) in [5, 5.41) is 3.05. The van der Waals surface area contributed by atoms with Crippen LogP contribution in [0.25, 0.3) is 0 Å². The minimum absolute atomic E-state index is 0.104. The van der Waals surface area contributed by atoms with Crippen LogP contribution < -0.4 is 11.1 Å². The van der Waals surface area contributed by atoms with Gasteiger partial charge in [-0.3, -0.25) is 0 Å². The number of terminal acetylenes is 1. The van der Waals surface area contributed by atoms with E-state index in [2.05, 4.69) is 16.2 Å². The number of nitrogens with two attached hydrogens (primary N) is 1. The van der Waals surface area contributed by atoms with Crippen molar-refractivity contribution in [3.05, 3.63) is 29.8 Å². The fraction of sp³-hybridized carbons (Fsp3) is 0.400. The van der Waals surface area contributed by atoms with Crippen LogP contribution in [-0.2, 0) is 0 Å². The van der Waals surface area contributed by atoms with Gasteiger partial charge in [0.1, 0.15) is 6.04 Å². The highest BCUT2D eigenvalue weighted by Crippen LogP contribution is 2.21. The second-order valence-corrected chi connectivity index (χ2v) is 5.44. The van der Waals surface area contributed by atoms with Gasteiger partial charge in [-0.15, -0.1) is 6.42 Å². The van der Waals surface area contributed by atoms with Crippen molar-refractivity contribution in [2.75, 3.05) is 5.32 Å². The number of nitrogens with zero attached hydrogens (tertiary/aromatic N) is 1. The third-order valence-electron chi connectivity index (χ3n) is 2.54. The Labute approximate surface area is 110 Å². The summed E-state index contributed by atoms with van der Waals surface area (Å²) in [6.07, 6.45) is 5.48. The van der Waals surface area contributed by atoms with Crippen molar-refractivity contribution in [2.24, 2.45) is 16.1 Å². The van der Waals surface area contributed by atoms with Gasteiger partial charge in [-0.25, -0.2) is 4.99 Å². The molecule has 0 saturated heterocycles. The summed E-state index contributed by atoms with van der Waals surface area (Å²) in [4.78, 5) is 4.34. The minimum atomic E-state index is -0.241. The molecule has 1 unspecified atom stereocenters. The number of rotatable bonds is 2. The van der Waals surface area contributed by atoms with E-state index in [1.54, 1.807) is 0 Å². The average Bonchev–Trinajstić information content (AvgIpc) is 2.24. The zero-order valence-electron chi connectivity index (χ0n) is 11.5. The molecule has 3 N–H and O–H groups in total. The number of aliphatic imine (C=N–C) groups is 1. The van der Waals surface area contributed by atoms with Gasteiger partial charge in [-0.1, -0.05) is 38.8 Å². The summed E-state index contributed by atoms with van der Waals surface area (Å²) in [6, 6.07) is 7.70. The lowest BCUT2D eigenvalue weighted by molar-refractivity contribution is 0.376. The van der Waals surface area contributed by atoms with Crippen molar-refractivity contribution >= 4 is 11.6 Å². The van der Waals surface area contributed by atoms with Crippen molar-refractivity contribution in [1.29, 1.82) is 0 Å². The van der Waals surface area contributed by atoms with Crippen LogP contribution in [0.3, 0.4) is 0 Å². The van der Waals surface area contributed by atoms with Crippen molar-refractivity contribution in [3.8, 4) is 12.3 Å². The van der Waals surface area contributed by atoms with Gasteiger partial charge in [0.15, 0.2) is 5.96 Å². The first kappa shape index (κ1) is 14.1. The number of nitrogens with one attached hydrogen (secondary N) is 1. The lowest BCUT2D eigenvalue weighted by atomic mass is 9.88. The highest BCUT2D eigenvalue weighted by atomic mass is 15.1. The van der Waals surface area contributed by atoms with Gasteiger partial charge in [0.2, 0.25) is 0 Å². The first-order valence-electron chi connectivity index (χ1n) is 5.96. The SMILES string of the molecule is C#CC(N=C(N)Nc1cccc(C)c1)C(C)(C)C. The summed E-state index contributed by atoms with van der Waals surface area (Å²) in [5.74, 6) is 3.01. The lowest BCUT2D eigenvalue weighted by Crippen LogP contribution is -2.30. The van der Waals surface area contributed by atoms with E-state index in [0.29, 0.717) is 5.96 Å². The van der Waals surface area contributed by atoms with Crippen molar-refractivity contribution in [2.45, 2.75) is 33.7 Å². The number of anilines is 1. The molecular formula is C15H21N3. The van der Waals surface area contributed by atoms with E-state index in [-0.39, 0.29) is 11.5 Å². The summed E-state index contributed by atoms with van der Waals surface area (Å²) < 4.78 is 0. The number of aryl methyl sites for hydroxylation is 1. The largest absolute Gasteiger partial charge is 0.370 e. The Bertz CT molecular complexity index is 475. The summed E-state index contributed by atoms with van der Waals surface area (Å²) in [7, 11) is 0. The number of hydrogen-bond acceptors (Lipinski definition) is 1. The van der Waals surface area contributed by atoms with Crippen LogP contribution in [0, 0.1) is 24.7 Å². The molecule has 0 radical (unpaired) electrons. The van der Waals surface area contributed by atoms with E-state index < -0.39 is 0 Å². The van der Waals surface area contributed by atoms with Crippen LogP contribution in [0.15, 0.2) is 29.3 Å². The Hall–Kier alpha value is -1.95. The molecule has 0 fully saturated rings. The maximum atomic E-state index is 5.87. The molecule has 1 aromatic carbocycles. The van der Waals surface area contributed by atoms with Crippen LogP contribution >= 0.6 is 0 Å². The highest BCUT2D eigenvalue weighted by molar-refractivity contribution is 5.92. The van der Waals surface area contributed by atoms with Gasteiger partial charge >= 0.3 is 0 Å². The van der Waals surface area contributed by atoms with Gasteiger partial charge in [0.05, 0.1) is 0 Å². The standard InChI is InChI=1S/C15H21N3/c1-6-13(15(3,4)5)18-14(16)17-12-9-7-8-11(2)10-12/h1,7-10,13H,2-5H3,(H3,16,17,18). The monoisotopic (exact) mass is 243 g/mol. The topological polar surface area (TPSA) is 50.4 Å². The average molecular weight is 243 g/mol. The molecule has 0 spiro atoms. The quantitative estimate of drug-likeness (QED) is 0.477. The molecule has 3 heteroatoms. The predicted octanol–water partition coefficient (Wildman–Crippen LogP) is 2.77. The fourth-order valence-corrected chi connectivity index (χ4v) is 1.52. The van der Waals surface area contributed by atoms with Crippen LogP contribution in [-0.4, -0.2) is 12.0 Å². The van der Waals surface area contributed by atoms with Gasteiger partial charge < -0.3 is 11.1 Å². The Morgan fingerprint density at radius 3 is 2.61 bits per heavy atom. The third kappa shape index (κ3) is 4.14. The Morgan fingerprint density at radius 2 is 2.11 bits per heavy atom. The van der Waals surface area contributed by atoms with Crippen molar-refractivity contribution in [3.63, 3.8) is 0 Å². The van der Waals surface area contributed by atoms with E-state index in [4.69, 9.17) is 12.2 Å². The molecule has 18 heavy (non-hydrogen) atoms. The molecule has 1 rings (SSSR count). The molecule has 0 aliphatic rings. The Kier molecular flexibility index (Phi) is 4.38. The maximum Gasteiger partial charge on any atom is 0.194 e. The van der Waals surface area contributed by atoms with Crippen LogP contribution in [0.4, 0.5) is 5.69 Å². The summed E-state index contributed by atoms with van der Waals surface area (Å²) in [5.41, 5.74) is 7.85. The van der Waals surface area contributed by atoms with Gasteiger partial charge in [0, 0.05) is 5.69 Å². The second-order valence-electron chi connectivity index (χ2n) is 5.44. The van der Waals surface area contributed by atoms with Gasteiger partial charge in [0.25, 0.3) is 0 Å². The van der Waals surface area contributed by atoms with E-state index in [1.165, 1.54) is 0 Å². The first-order valence-corrected chi connectivity index (χ1v) is 5.96. The van der Waals surface area contributed by atoms with Crippen molar-refractivity contribution < 1.29 is 0 Å². The maximum absolute atomic E-state index is 5.87. The van der Waals surface area contributed by atoms with Crippen LogP contribution in [0.5, 0.6) is 0 Å². The fourth-order valence-electron chi connectivity index (χ4n) is 1.52. The van der Waals surface area contributed by atoms with E-state index in [0.717, 1.165) is 11.3 Å². The van der Waals surface area contributed by atoms with E-state index in [1.807, 2.05) is 52.0 Å². The molecule has 0 heterocycles. The normalized spacial score (nSPS) is 13.8. The molecule has 0 aliphatic heterocycles. The van der Waals surface area contributed by atoms with Crippen LogP contribution in [0.2, 0.25) is 0 Å². The molecule has 1 aromatic rings. The minimum Gasteiger partial charge on any atom is -0.370 e. The number of guanidine groups is 1. The third-order valence-corrected chi connectivity index (χ3v) is 2.54. The molecule has 96 valence electrons. The van der Waals surface area contributed by atoms with E-state index >= 15 is 0 Å². The van der Waals surface area contributed by atoms with Crippen LogP contribution in [0.1, 0.15) is 26.3 Å². The summed E-state index contributed by atoms with van der Waals surface area (Å²) in [6.45, 7) is 8.15. The van der Waals surface area contributed by atoms with Crippen molar-refractivity contribution in [1.82, 2.24) is 0 Å². The smallest absolute Gasteiger partial charge is 0.194 e. The molecule has 0 saturated carbocycles. The first-order chi connectivity index (χ1) is 8.32. The van der Waals surface area contributed by atoms with Gasteiger partial charge in [-0.2, -0.15) is 0 Å². The zero-order chi connectivity index (χ0) is 13.8. The molecule has 0 aromatic heterocycles. The second kappa shape index (κ2) is 5.59. The molecule has 0 amide bonds. The van der Waals surface area contributed by atoms with E-state index in [9.17, 15) is 0 Å². The Morgan fingerprint density at radius 1 is 1.44 bits per heavy atom.